The van der Waals surface area contributed by atoms with Crippen molar-refractivity contribution in [1.29, 1.82) is 0 Å². The molecule has 1 aromatic rings. The molecule has 3 N–H and O–H groups in total. The summed E-state index contributed by atoms with van der Waals surface area (Å²) in [5.41, 5.74) is 5.14. The van der Waals surface area contributed by atoms with E-state index in [1.807, 2.05) is 0 Å². The van der Waals surface area contributed by atoms with Gasteiger partial charge in [0.25, 0.3) is 5.91 Å². The van der Waals surface area contributed by atoms with Gasteiger partial charge in [0.2, 0.25) is 11.7 Å². The first kappa shape index (κ1) is 13.1. The second-order valence-electron chi connectivity index (χ2n) is 4.37. The van der Waals surface area contributed by atoms with Crippen molar-refractivity contribution < 1.29 is 24.0 Å². The lowest BCUT2D eigenvalue weighted by Gasteiger charge is -2.30. The van der Waals surface area contributed by atoms with Gasteiger partial charge in [-0.25, -0.2) is 4.79 Å². The van der Waals surface area contributed by atoms with Gasteiger partial charge < -0.3 is 20.3 Å². The Balaban J connectivity index is 2.10. The Morgan fingerprint density at radius 2 is 2.21 bits per heavy atom. The maximum Gasteiger partial charge on any atom is 0.374 e. The molecule has 0 aromatic carbocycles. The number of hydrogen-bond donors (Lipinski definition) is 2. The summed E-state index contributed by atoms with van der Waals surface area (Å²) < 4.78 is 4.52. The Bertz CT molecular complexity index is 524. The van der Waals surface area contributed by atoms with Gasteiger partial charge in [0.15, 0.2) is 5.69 Å². The van der Waals surface area contributed by atoms with Gasteiger partial charge in [0.1, 0.15) is 0 Å². The van der Waals surface area contributed by atoms with Gasteiger partial charge in [-0.3, -0.25) is 9.59 Å². The molecule has 2 amide bonds. The lowest BCUT2D eigenvalue weighted by Crippen LogP contribution is -2.44. The van der Waals surface area contributed by atoms with Crippen molar-refractivity contribution in [3.05, 3.63) is 17.5 Å². The van der Waals surface area contributed by atoms with E-state index in [4.69, 9.17) is 10.8 Å². The van der Waals surface area contributed by atoms with Crippen LogP contribution in [0, 0.1) is 5.92 Å². The van der Waals surface area contributed by atoms with E-state index in [0.717, 1.165) is 6.07 Å². The van der Waals surface area contributed by atoms with E-state index < -0.39 is 23.5 Å². The molecule has 1 atom stereocenters. The summed E-state index contributed by atoms with van der Waals surface area (Å²) in [5.74, 6) is -2.96. The lowest BCUT2D eigenvalue weighted by molar-refractivity contribution is -0.123. The third-order valence-electron chi connectivity index (χ3n) is 3.05. The number of aromatic nitrogens is 1. The number of nitrogens with zero attached hydrogens (tertiary/aromatic N) is 2. The Morgan fingerprint density at radius 1 is 1.47 bits per heavy atom. The van der Waals surface area contributed by atoms with Crippen molar-refractivity contribution in [2.45, 2.75) is 12.8 Å². The molecule has 8 nitrogen and oxygen atoms in total. The Morgan fingerprint density at radius 3 is 2.79 bits per heavy atom. The van der Waals surface area contributed by atoms with Crippen LogP contribution in [0.4, 0.5) is 0 Å². The summed E-state index contributed by atoms with van der Waals surface area (Å²) in [4.78, 5) is 35.3. The molecule has 8 heteroatoms. The minimum atomic E-state index is -1.29. The number of piperidine rings is 1. The van der Waals surface area contributed by atoms with Crippen LogP contribution in [0.15, 0.2) is 10.6 Å². The molecule has 19 heavy (non-hydrogen) atoms. The Kier molecular flexibility index (Phi) is 3.50. The molecule has 0 saturated carbocycles. The molecule has 0 bridgehead atoms. The highest BCUT2D eigenvalue weighted by atomic mass is 16.5. The number of carbonyl (C=O) groups excluding carboxylic acids is 2. The molecule has 1 fully saturated rings. The van der Waals surface area contributed by atoms with Crippen molar-refractivity contribution in [2.24, 2.45) is 11.7 Å². The predicted octanol–water partition coefficient (Wildman–Crippen LogP) is -0.290. The van der Waals surface area contributed by atoms with Crippen LogP contribution >= 0.6 is 0 Å². The number of amides is 2. The number of nitrogens with two attached hydrogens (primary N) is 1. The van der Waals surface area contributed by atoms with Gasteiger partial charge in [0, 0.05) is 19.2 Å². The van der Waals surface area contributed by atoms with E-state index in [9.17, 15) is 14.4 Å². The Labute approximate surface area is 108 Å². The quantitative estimate of drug-likeness (QED) is 0.774. The molecule has 1 aliphatic heterocycles. The maximum absolute atomic E-state index is 12.1. The van der Waals surface area contributed by atoms with E-state index in [0.29, 0.717) is 19.4 Å². The predicted molar refractivity (Wildman–Crippen MR) is 61.3 cm³/mol. The molecule has 102 valence electrons. The van der Waals surface area contributed by atoms with E-state index in [1.54, 1.807) is 0 Å². The first-order valence-corrected chi connectivity index (χ1v) is 5.77. The van der Waals surface area contributed by atoms with Crippen LogP contribution < -0.4 is 5.73 Å². The summed E-state index contributed by atoms with van der Waals surface area (Å²) in [7, 11) is 0. The molecule has 1 aromatic heterocycles. The summed E-state index contributed by atoms with van der Waals surface area (Å²) >= 11 is 0. The summed E-state index contributed by atoms with van der Waals surface area (Å²) in [5, 5.41) is 12.1. The largest absolute Gasteiger partial charge is 0.475 e. The highest BCUT2D eigenvalue weighted by molar-refractivity contribution is 5.95. The van der Waals surface area contributed by atoms with Gasteiger partial charge in [0.05, 0.1) is 5.92 Å². The zero-order valence-corrected chi connectivity index (χ0v) is 10.0. The normalized spacial score (nSPS) is 19.2. The fourth-order valence-electron chi connectivity index (χ4n) is 2.03. The van der Waals surface area contributed by atoms with E-state index in [1.165, 1.54) is 4.90 Å². The molecular weight excluding hydrogens is 254 g/mol. The van der Waals surface area contributed by atoms with Gasteiger partial charge in [-0.2, -0.15) is 0 Å². The van der Waals surface area contributed by atoms with Gasteiger partial charge in [-0.05, 0) is 12.8 Å². The van der Waals surface area contributed by atoms with Crippen LogP contribution in [0.1, 0.15) is 33.9 Å². The van der Waals surface area contributed by atoms with Gasteiger partial charge in [-0.1, -0.05) is 5.16 Å². The Hall–Kier alpha value is -2.38. The number of aromatic carboxylic acids is 1. The highest BCUT2D eigenvalue weighted by Gasteiger charge is 2.29. The van der Waals surface area contributed by atoms with E-state index in [-0.39, 0.29) is 18.2 Å². The van der Waals surface area contributed by atoms with Crippen molar-refractivity contribution >= 4 is 17.8 Å². The van der Waals surface area contributed by atoms with Crippen molar-refractivity contribution in [3.63, 3.8) is 0 Å². The zero-order chi connectivity index (χ0) is 14.0. The standard InChI is InChI=1S/C11H13N3O5/c12-9(15)6-2-1-3-14(5-6)10(16)7-4-8(11(17)18)19-13-7/h4,6H,1-3,5H2,(H2,12,15)(H,17,18). The number of hydrogen-bond acceptors (Lipinski definition) is 5. The number of primary amides is 1. The molecule has 2 rings (SSSR count). The van der Waals surface area contributed by atoms with E-state index >= 15 is 0 Å². The lowest BCUT2D eigenvalue weighted by atomic mass is 9.97. The summed E-state index contributed by atoms with van der Waals surface area (Å²) in [6, 6.07) is 1.07. The number of carboxylic acids is 1. The van der Waals surface area contributed by atoms with Crippen LogP contribution in [0.5, 0.6) is 0 Å². The second-order valence-corrected chi connectivity index (χ2v) is 4.37. The molecule has 1 unspecified atom stereocenters. The van der Waals surface area contributed by atoms with Gasteiger partial charge in [-0.15, -0.1) is 0 Å². The molecule has 0 aliphatic carbocycles. The van der Waals surface area contributed by atoms with Gasteiger partial charge >= 0.3 is 5.97 Å². The number of rotatable bonds is 3. The average Bonchev–Trinajstić information content (AvgIpc) is 2.87. The molecule has 1 aliphatic rings. The SMILES string of the molecule is NC(=O)C1CCCN(C(=O)c2cc(C(=O)O)on2)C1. The summed E-state index contributed by atoms with van der Waals surface area (Å²) in [6.45, 7) is 0.710. The first-order valence-electron chi connectivity index (χ1n) is 5.77. The van der Waals surface area contributed by atoms with Crippen LogP contribution in [-0.2, 0) is 4.79 Å². The molecule has 0 radical (unpaired) electrons. The average molecular weight is 267 g/mol. The molecule has 0 spiro atoms. The summed E-state index contributed by atoms with van der Waals surface area (Å²) in [6.07, 6.45) is 1.32. The van der Waals surface area contributed by atoms with Crippen LogP contribution in [-0.4, -0.2) is 46.0 Å². The van der Waals surface area contributed by atoms with Crippen LogP contribution in [0.25, 0.3) is 0 Å². The second kappa shape index (κ2) is 5.09. The monoisotopic (exact) mass is 267 g/mol. The van der Waals surface area contributed by atoms with Crippen molar-refractivity contribution in [1.82, 2.24) is 10.1 Å². The number of carbonyl (C=O) groups is 3. The highest BCUT2D eigenvalue weighted by Crippen LogP contribution is 2.18. The van der Waals surface area contributed by atoms with Crippen molar-refractivity contribution in [2.75, 3.05) is 13.1 Å². The number of carboxylic acid groups (broad SMARTS) is 1. The fourth-order valence-corrected chi connectivity index (χ4v) is 2.03. The third-order valence-corrected chi connectivity index (χ3v) is 3.05. The zero-order valence-electron chi connectivity index (χ0n) is 10.0. The number of likely N-dealkylation sites (tertiary alicyclic amines) is 1. The molecular formula is C11H13N3O5. The van der Waals surface area contributed by atoms with Crippen LogP contribution in [0.2, 0.25) is 0 Å². The maximum atomic E-state index is 12.1. The molecule has 1 saturated heterocycles. The minimum Gasteiger partial charge on any atom is -0.475 e. The minimum absolute atomic E-state index is 0.0810. The third kappa shape index (κ3) is 2.72. The first-order chi connectivity index (χ1) is 8.99. The van der Waals surface area contributed by atoms with Crippen LogP contribution in [0.3, 0.4) is 0 Å². The molecule has 2 heterocycles. The smallest absolute Gasteiger partial charge is 0.374 e. The van der Waals surface area contributed by atoms with Crippen molar-refractivity contribution in [3.8, 4) is 0 Å². The topological polar surface area (TPSA) is 127 Å². The fraction of sp³-hybridized carbons (Fsp3) is 0.455. The van der Waals surface area contributed by atoms with E-state index in [2.05, 4.69) is 9.68 Å².